The van der Waals surface area contributed by atoms with Crippen LogP contribution < -0.4 is 40.5 Å². The first-order chi connectivity index (χ1) is 19.0. The van der Waals surface area contributed by atoms with Crippen LogP contribution in [-0.2, 0) is 28.9 Å². The van der Waals surface area contributed by atoms with Gasteiger partial charge in [0.15, 0.2) is 35.7 Å². The van der Waals surface area contributed by atoms with E-state index in [0.29, 0.717) is 23.7 Å². The van der Waals surface area contributed by atoms with E-state index in [2.05, 4.69) is 41.1 Å². The Morgan fingerprint density at radius 3 is 2.20 bits per heavy atom. The van der Waals surface area contributed by atoms with Crippen LogP contribution in [0.25, 0.3) is 28.1 Å². The number of esters is 1. The van der Waals surface area contributed by atoms with Gasteiger partial charge in [-0.1, -0.05) is 24.3 Å². The summed E-state index contributed by atoms with van der Waals surface area (Å²) in [4.78, 5) is 11.5. The molecule has 0 saturated carbocycles. The van der Waals surface area contributed by atoms with E-state index in [1.165, 1.54) is 24.3 Å². The second kappa shape index (κ2) is 12.4. The fraction of sp³-hybridized carbons (Fsp3) is 0.250. The number of hydrogen-bond donors (Lipinski definition) is 0. The van der Waals surface area contributed by atoms with Crippen LogP contribution in [0.15, 0.2) is 60.8 Å². The molecule has 0 fully saturated rings. The quantitative estimate of drug-likeness (QED) is 0.174. The maximum absolute atomic E-state index is 11.5. The summed E-state index contributed by atoms with van der Waals surface area (Å²) in [6.07, 6.45) is 6.89. The predicted octanol–water partition coefficient (Wildman–Crippen LogP) is 2.17. The molecule has 40 heavy (non-hydrogen) atoms. The third-order valence-corrected chi connectivity index (χ3v) is 7.23. The number of aryl methyl sites for hydroxylation is 2. The van der Waals surface area contributed by atoms with Gasteiger partial charge >= 0.3 is 5.97 Å². The molecule has 0 saturated heterocycles. The number of carbonyl (C=O) groups excluding carboxylic acids is 1. The third kappa shape index (κ3) is 5.36. The zero-order chi connectivity index (χ0) is 27.5. The van der Waals surface area contributed by atoms with Crippen LogP contribution in [0.3, 0.4) is 0 Å². The van der Waals surface area contributed by atoms with Gasteiger partial charge in [0.1, 0.15) is 0 Å². The Kier molecular flexibility index (Phi) is 9.00. The molecule has 0 amide bonds. The Bertz CT molecular complexity index is 1580. The highest BCUT2D eigenvalue weighted by atomic mass is 79.9. The van der Waals surface area contributed by atoms with Crippen LogP contribution in [0.1, 0.15) is 22.3 Å². The fourth-order valence-electron chi connectivity index (χ4n) is 5.31. The minimum absolute atomic E-state index is 0. The number of benzene rings is 3. The Morgan fingerprint density at radius 1 is 0.850 bits per heavy atom. The zero-order valence-electron chi connectivity index (χ0n) is 23.2. The van der Waals surface area contributed by atoms with Crippen LogP contribution in [0.5, 0.6) is 23.0 Å². The average Bonchev–Trinajstić information content (AvgIpc) is 2.98. The number of nitrogens with zero attached hydrogens (tertiary/aromatic N) is 1. The summed E-state index contributed by atoms with van der Waals surface area (Å²) < 4.78 is 29.7. The summed E-state index contributed by atoms with van der Waals surface area (Å²) >= 11 is 0. The lowest BCUT2D eigenvalue weighted by molar-refractivity contribution is -0.686. The molecule has 1 aliphatic rings. The van der Waals surface area contributed by atoms with Gasteiger partial charge in [-0.15, -0.1) is 0 Å². The van der Waals surface area contributed by atoms with Crippen LogP contribution >= 0.6 is 0 Å². The number of rotatable bonds is 8. The van der Waals surface area contributed by atoms with E-state index in [0.717, 1.165) is 51.9 Å². The molecule has 0 atom stereocenters. The highest BCUT2D eigenvalue weighted by molar-refractivity contribution is 5.95. The molecule has 1 aliphatic heterocycles. The molecule has 1 aromatic heterocycles. The fourth-order valence-corrected chi connectivity index (χ4v) is 5.31. The number of methoxy groups -OCH3 is 5. The van der Waals surface area contributed by atoms with Gasteiger partial charge in [-0.3, -0.25) is 0 Å². The maximum atomic E-state index is 11.5. The van der Waals surface area contributed by atoms with Crippen molar-refractivity contribution in [2.45, 2.75) is 19.4 Å². The van der Waals surface area contributed by atoms with Gasteiger partial charge in [0, 0.05) is 29.9 Å². The van der Waals surface area contributed by atoms with E-state index in [-0.39, 0.29) is 23.0 Å². The highest BCUT2D eigenvalue weighted by Crippen LogP contribution is 2.43. The summed E-state index contributed by atoms with van der Waals surface area (Å²) in [5, 5.41) is 2.09. The molecule has 208 valence electrons. The van der Waals surface area contributed by atoms with Crippen molar-refractivity contribution in [2.24, 2.45) is 0 Å². The number of fused-ring (bicyclic) bond motifs is 4. The zero-order valence-corrected chi connectivity index (χ0v) is 24.8. The summed E-state index contributed by atoms with van der Waals surface area (Å²) in [5.41, 5.74) is 6.74. The molecule has 3 aromatic carbocycles. The summed E-state index contributed by atoms with van der Waals surface area (Å²) in [6.45, 7) is 0.818. The van der Waals surface area contributed by atoms with Crippen molar-refractivity contribution in [3.05, 3.63) is 83.1 Å². The lowest BCUT2D eigenvalue weighted by Crippen LogP contribution is -3.00. The molecule has 4 aromatic rings. The topological polar surface area (TPSA) is 67.1 Å². The van der Waals surface area contributed by atoms with Gasteiger partial charge in [0.25, 0.3) is 0 Å². The van der Waals surface area contributed by atoms with Crippen molar-refractivity contribution in [2.75, 3.05) is 35.5 Å². The number of hydrogen-bond acceptors (Lipinski definition) is 6. The largest absolute Gasteiger partial charge is 1.00 e. The Balaban J connectivity index is 0.00000370. The van der Waals surface area contributed by atoms with Gasteiger partial charge in [-0.05, 0) is 47.0 Å². The molecule has 2 heterocycles. The minimum atomic E-state index is -0.381. The Hall–Kier alpha value is -4.04. The highest BCUT2D eigenvalue weighted by Gasteiger charge is 2.31. The maximum Gasteiger partial charge on any atom is 0.330 e. The van der Waals surface area contributed by atoms with E-state index in [1.54, 1.807) is 34.5 Å². The molecule has 0 aliphatic carbocycles. The standard InChI is InChI=1S/C32H32NO6.BrH/c1-35-27-12-11-23-25(16-21-8-6-20(7-9-21)10-13-30(34)38-4)31-24-18-29(37-3)28(36-2)17-22(24)14-15-33(31)19-26(23)32(27)39-5;/h6-13,17-19H,14-16H2,1-5H3;1H/q+1;/p-1/b13-10+;. The van der Waals surface area contributed by atoms with E-state index in [9.17, 15) is 4.79 Å². The van der Waals surface area contributed by atoms with Crippen LogP contribution in [0, 0.1) is 0 Å². The monoisotopic (exact) mass is 605 g/mol. The molecule has 0 spiro atoms. The van der Waals surface area contributed by atoms with Crippen molar-refractivity contribution in [1.82, 2.24) is 0 Å². The third-order valence-electron chi connectivity index (χ3n) is 7.23. The Labute approximate surface area is 244 Å². The summed E-state index contributed by atoms with van der Waals surface area (Å²) in [7, 11) is 8.03. The molecule has 7 nitrogen and oxygen atoms in total. The summed E-state index contributed by atoms with van der Waals surface area (Å²) in [5.74, 6) is 2.46. The number of pyridine rings is 1. The van der Waals surface area contributed by atoms with Gasteiger partial charge in [-0.25, -0.2) is 4.79 Å². The molecule has 5 rings (SSSR count). The molecular weight excluding hydrogens is 574 g/mol. The van der Waals surface area contributed by atoms with E-state index in [1.807, 2.05) is 18.2 Å². The molecule has 0 unspecified atom stereocenters. The van der Waals surface area contributed by atoms with Crippen molar-refractivity contribution in [3.63, 3.8) is 0 Å². The molecule has 0 bridgehead atoms. The molecule has 0 N–H and O–H groups in total. The predicted molar refractivity (Wildman–Crippen MR) is 150 cm³/mol. The first-order valence-corrected chi connectivity index (χ1v) is 12.7. The number of carbonyl (C=O) groups is 1. The summed E-state index contributed by atoms with van der Waals surface area (Å²) in [6, 6.07) is 16.4. The van der Waals surface area contributed by atoms with E-state index < -0.39 is 0 Å². The lowest BCUT2D eigenvalue weighted by Gasteiger charge is -2.22. The van der Waals surface area contributed by atoms with Crippen molar-refractivity contribution >= 4 is 22.8 Å². The van der Waals surface area contributed by atoms with Crippen LogP contribution in [0.4, 0.5) is 0 Å². The van der Waals surface area contributed by atoms with E-state index in [4.69, 9.17) is 23.7 Å². The average molecular weight is 607 g/mol. The van der Waals surface area contributed by atoms with Gasteiger partial charge in [0.05, 0.1) is 46.5 Å². The van der Waals surface area contributed by atoms with Crippen molar-refractivity contribution in [3.8, 4) is 34.3 Å². The lowest BCUT2D eigenvalue weighted by atomic mass is 9.88. The number of ether oxygens (including phenoxy) is 5. The van der Waals surface area contributed by atoms with Crippen LogP contribution in [0.2, 0.25) is 0 Å². The molecular formula is C32H32BrNO6. The van der Waals surface area contributed by atoms with Crippen molar-refractivity contribution < 1.29 is 50.0 Å². The molecule has 8 heteroatoms. The SMILES string of the molecule is COC(=O)/C=C/c1ccc(Cc2c3[n+](cc4c(OC)c(OC)ccc24)CCc2cc(OC)c(OC)cc2-3)cc1.[Br-]. The van der Waals surface area contributed by atoms with Crippen molar-refractivity contribution in [1.29, 1.82) is 0 Å². The second-order valence-electron chi connectivity index (χ2n) is 9.30. The number of aromatic nitrogens is 1. The normalized spacial score (nSPS) is 11.8. The first kappa shape index (κ1) is 29.0. The smallest absolute Gasteiger partial charge is 0.330 e. The first-order valence-electron chi connectivity index (χ1n) is 12.7. The molecule has 0 radical (unpaired) electrons. The minimum Gasteiger partial charge on any atom is -1.00 e. The van der Waals surface area contributed by atoms with Gasteiger partial charge in [0.2, 0.25) is 5.69 Å². The number of halogens is 1. The second-order valence-corrected chi connectivity index (χ2v) is 9.30. The van der Waals surface area contributed by atoms with Crippen LogP contribution in [-0.4, -0.2) is 41.5 Å². The Morgan fingerprint density at radius 2 is 1.55 bits per heavy atom. The van der Waals surface area contributed by atoms with E-state index >= 15 is 0 Å². The van der Waals surface area contributed by atoms with Gasteiger partial charge in [-0.2, -0.15) is 4.57 Å². The van der Waals surface area contributed by atoms with Gasteiger partial charge < -0.3 is 40.7 Å².